The third-order valence-electron chi connectivity index (χ3n) is 3.75. The lowest BCUT2D eigenvalue weighted by Gasteiger charge is -2.02. The SMILES string of the molecule is Cn1c(SCc2nnc(-c3ccc(Br)cc3)o2)nnc1-c1ccccc1. The van der Waals surface area contributed by atoms with Crippen LogP contribution in [0.15, 0.2) is 68.6 Å². The van der Waals surface area contributed by atoms with Gasteiger partial charge in [0.2, 0.25) is 11.8 Å². The van der Waals surface area contributed by atoms with Crippen molar-refractivity contribution in [2.45, 2.75) is 10.9 Å². The van der Waals surface area contributed by atoms with Crippen LogP contribution in [-0.4, -0.2) is 25.0 Å². The van der Waals surface area contributed by atoms with E-state index in [-0.39, 0.29) is 0 Å². The summed E-state index contributed by atoms with van der Waals surface area (Å²) in [5, 5.41) is 17.6. The molecule has 4 rings (SSSR count). The Labute approximate surface area is 162 Å². The number of hydrogen-bond donors (Lipinski definition) is 0. The zero-order valence-corrected chi connectivity index (χ0v) is 16.2. The molecule has 130 valence electrons. The molecule has 0 fully saturated rings. The molecular weight excluding hydrogens is 414 g/mol. The highest BCUT2D eigenvalue weighted by Gasteiger charge is 2.14. The average Bonchev–Trinajstić information content (AvgIpc) is 3.28. The van der Waals surface area contributed by atoms with Crippen molar-refractivity contribution >= 4 is 27.7 Å². The quantitative estimate of drug-likeness (QED) is 0.433. The second-order valence-electron chi connectivity index (χ2n) is 5.53. The van der Waals surface area contributed by atoms with Crippen LogP contribution in [0.2, 0.25) is 0 Å². The maximum atomic E-state index is 5.75. The first kappa shape index (κ1) is 17.0. The van der Waals surface area contributed by atoms with Crippen LogP contribution >= 0.6 is 27.7 Å². The highest BCUT2D eigenvalue weighted by Crippen LogP contribution is 2.26. The number of halogens is 1. The summed E-state index contributed by atoms with van der Waals surface area (Å²) in [5.41, 5.74) is 1.92. The maximum absolute atomic E-state index is 5.75. The van der Waals surface area contributed by atoms with Gasteiger partial charge in [-0.05, 0) is 24.3 Å². The topological polar surface area (TPSA) is 69.6 Å². The van der Waals surface area contributed by atoms with Gasteiger partial charge >= 0.3 is 0 Å². The van der Waals surface area contributed by atoms with Crippen molar-refractivity contribution in [2.75, 3.05) is 0 Å². The standard InChI is InChI=1S/C18H14BrN5OS/c1-24-16(12-5-3-2-4-6-12)21-23-18(24)26-11-15-20-22-17(25-15)13-7-9-14(19)10-8-13/h2-10H,11H2,1H3. The fraction of sp³-hybridized carbons (Fsp3) is 0.111. The van der Waals surface area contributed by atoms with Gasteiger partial charge in [0.05, 0.1) is 5.75 Å². The minimum atomic E-state index is 0.510. The first-order valence-electron chi connectivity index (χ1n) is 7.86. The summed E-state index contributed by atoms with van der Waals surface area (Å²) in [7, 11) is 1.95. The van der Waals surface area contributed by atoms with Crippen molar-refractivity contribution in [1.82, 2.24) is 25.0 Å². The Balaban J connectivity index is 1.47. The minimum Gasteiger partial charge on any atom is -0.420 e. The smallest absolute Gasteiger partial charge is 0.247 e. The van der Waals surface area contributed by atoms with E-state index < -0.39 is 0 Å². The Bertz CT molecular complexity index is 1010. The number of thioether (sulfide) groups is 1. The molecule has 0 unspecified atom stereocenters. The van der Waals surface area contributed by atoms with E-state index in [2.05, 4.69) is 36.3 Å². The van der Waals surface area contributed by atoms with Crippen molar-refractivity contribution in [1.29, 1.82) is 0 Å². The Morgan fingerprint density at radius 3 is 2.46 bits per heavy atom. The lowest BCUT2D eigenvalue weighted by atomic mass is 10.2. The van der Waals surface area contributed by atoms with Gasteiger partial charge in [-0.15, -0.1) is 20.4 Å². The number of rotatable bonds is 5. The number of hydrogen-bond acceptors (Lipinski definition) is 6. The van der Waals surface area contributed by atoms with Crippen molar-refractivity contribution in [3.05, 3.63) is 65.0 Å². The van der Waals surface area contributed by atoms with E-state index in [1.54, 1.807) is 0 Å². The van der Waals surface area contributed by atoms with Crippen molar-refractivity contribution in [3.63, 3.8) is 0 Å². The molecule has 8 heteroatoms. The molecule has 0 radical (unpaired) electrons. The van der Waals surface area contributed by atoms with Crippen molar-refractivity contribution in [2.24, 2.45) is 7.05 Å². The molecule has 0 N–H and O–H groups in total. The largest absolute Gasteiger partial charge is 0.420 e. The molecule has 26 heavy (non-hydrogen) atoms. The van der Waals surface area contributed by atoms with Crippen LogP contribution < -0.4 is 0 Å². The van der Waals surface area contributed by atoms with Gasteiger partial charge in [0.25, 0.3) is 0 Å². The van der Waals surface area contributed by atoms with Crippen molar-refractivity contribution in [3.8, 4) is 22.8 Å². The molecule has 0 aliphatic heterocycles. The van der Waals surface area contributed by atoms with Gasteiger partial charge in [0.15, 0.2) is 11.0 Å². The summed E-state index contributed by atoms with van der Waals surface area (Å²) < 4.78 is 8.72. The van der Waals surface area contributed by atoms with Crippen LogP contribution in [0.1, 0.15) is 5.89 Å². The molecule has 0 spiro atoms. The Morgan fingerprint density at radius 2 is 1.69 bits per heavy atom. The molecule has 0 saturated carbocycles. The van der Waals surface area contributed by atoms with Crippen LogP contribution in [0, 0.1) is 0 Å². The van der Waals surface area contributed by atoms with Crippen LogP contribution in [-0.2, 0) is 12.8 Å². The molecule has 2 aromatic carbocycles. The lowest BCUT2D eigenvalue weighted by Crippen LogP contribution is -1.95. The molecular formula is C18H14BrN5OS. The lowest BCUT2D eigenvalue weighted by molar-refractivity contribution is 0.528. The highest BCUT2D eigenvalue weighted by atomic mass is 79.9. The molecule has 0 aliphatic rings. The zero-order valence-electron chi connectivity index (χ0n) is 13.8. The Kier molecular flexibility index (Phi) is 4.85. The number of benzene rings is 2. The van der Waals surface area contributed by atoms with Gasteiger partial charge in [0.1, 0.15) is 0 Å². The summed E-state index contributed by atoms with van der Waals surface area (Å²) in [6.45, 7) is 0. The molecule has 0 saturated heterocycles. The van der Waals surface area contributed by atoms with E-state index in [1.165, 1.54) is 11.8 Å². The predicted molar refractivity (Wildman–Crippen MR) is 103 cm³/mol. The van der Waals surface area contributed by atoms with E-state index in [9.17, 15) is 0 Å². The molecule has 0 atom stereocenters. The first-order valence-corrected chi connectivity index (χ1v) is 9.64. The third-order valence-corrected chi connectivity index (χ3v) is 5.28. The van der Waals surface area contributed by atoms with Gasteiger partial charge in [-0.1, -0.05) is 58.0 Å². The second kappa shape index (κ2) is 7.43. The third kappa shape index (κ3) is 3.56. The van der Waals surface area contributed by atoms with Crippen LogP contribution in [0.3, 0.4) is 0 Å². The van der Waals surface area contributed by atoms with Gasteiger partial charge in [-0.25, -0.2) is 0 Å². The molecule has 2 heterocycles. The molecule has 2 aromatic heterocycles. The molecule has 0 bridgehead atoms. The summed E-state index contributed by atoms with van der Waals surface area (Å²) in [6.07, 6.45) is 0. The van der Waals surface area contributed by atoms with Crippen molar-refractivity contribution < 1.29 is 4.42 Å². The van der Waals surface area contributed by atoms with E-state index in [0.717, 1.165) is 26.6 Å². The second-order valence-corrected chi connectivity index (χ2v) is 7.39. The predicted octanol–water partition coefficient (Wildman–Crippen LogP) is 4.59. The first-order chi connectivity index (χ1) is 12.7. The number of nitrogens with zero attached hydrogens (tertiary/aromatic N) is 5. The van der Waals surface area contributed by atoms with Gasteiger partial charge in [-0.2, -0.15) is 0 Å². The molecule has 4 aromatic rings. The Morgan fingerprint density at radius 1 is 0.923 bits per heavy atom. The fourth-order valence-corrected chi connectivity index (χ4v) is 3.44. The van der Waals surface area contributed by atoms with Gasteiger partial charge in [-0.3, -0.25) is 0 Å². The number of aromatic nitrogens is 5. The Hall–Kier alpha value is -2.45. The van der Waals surface area contributed by atoms with Gasteiger partial charge < -0.3 is 8.98 Å². The zero-order chi connectivity index (χ0) is 17.9. The van der Waals surface area contributed by atoms with E-state index in [1.807, 2.05) is 66.2 Å². The van der Waals surface area contributed by atoms with E-state index in [0.29, 0.717) is 17.5 Å². The average molecular weight is 428 g/mol. The molecule has 0 aliphatic carbocycles. The summed E-state index contributed by atoms with van der Waals surface area (Å²) >= 11 is 4.93. The maximum Gasteiger partial charge on any atom is 0.247 e. The van der Waals surface area contributed by atoms with Crippen LogP contribution in [0.25, 0.3) is 22.8 Å². The monoisotopic (exact) mass is 427 g/mol. The summed E-state index contributed by atoms with van der Waals surface area (Å²) in [5.74, 6) is 2.42. The molecule has 6 nitrogen and oxygen atoms in total. The van der Waals surface area contributed by atoms with E-state index in [4.69, 9.17) is 4.42 Å². The van der Waals surface area contributed by atoms with E-state index >= 15 is 0 Å². The normalized spacial score (nSPS) is 11.0. The molecule has 0 amide bonds. The van der Waals surface area contributed by atoms with Crippen LogP contribution in [0.4, 0.5) is 0 Å². The summed E-state index contributed by atoms with van der Waals surface area (Å²) in [6, 6.07) is 17.7. The highest BCUT2D eigenvalue weighted by molar-refractivity contribution is 9.10. The summed E-state index contributed by atoms with van der Waals surface area (Å²) in [4.78, 5) is 0. The van der Waals surface area contributed by atoms with Gasteiger partial charge in [0, 0.05) is 22.6 Å². The minimum absolute atomic E-state index is 0.510. The van der Waals surface area contributed by atoms with Crippen LogP contribution in [0.5, 0.6) is 0 Å². The fourth-order valence-electron chi connectivity index (χ4n) is 2.43.